The van der Waals surface area contributed by atoms with Crippen LogP contribution in [0.4, 0.5) is 17.6 Å². The molecule has 6 heteroatoms. The maximum absolute atomic E-state index is 14.0. The molecule has 0 aliphatic rings. The van der Waals surface area contributed by atoms with E-state index in [-0.39, 0.29) is 22.4 Å². The first kappa shape index (κ1) is 17.7. The summed E-state index contributed by atoms with van der Waals surface area (Å²) in [7, 11) is 1.31. The molecule has 0 spiro atoms. The van der Waals surface area contributed by atoms with E-state index in [1.807, 2.05) is 0 Å². The second-order valence-electron chi connectivity index (χ2n) is 5.23. The van der Waals surface area contributed by atoms with Gasteiger partial charge in [0.05, 0.1) is 12.7 Å². The van der Waals surface area contributed by atoms with Crippen molar-refractivity contribution in [3.05, 3.63) is 59.4 Å². The lowest BCUT2D eigenvalue weighted by molar-refractivity contribution is -0.137. The van der Waals surface area contributed by atoms with Gasteiger partial charge in [0.25, 0.3) is 0 Å². The van der Waals surface area contributed by atoms with Crippen molar-refractivity contribution in [2.75, 3.05) is 7.11 Å². The largest absolute Gasteiger partial charge is 0.496 e. The van der Waals surface area contributed by atoms with Crippen LogP contribution in [0.15, 0.2) is 36.9 Å². The number of allylic oxidation sites excluding steroid dienone is 1. The number of carbonyl (C=O) groups is 1. The van der Waals surface area contributed by atoms with Crippen LogP contribution in [0, 0.1) is 5.82 Å². The minimum absolute atomic E-state index is 0.111. The molecule has 2 rings (SSSR count). The number of methoxy groups -OCH3 is 1. The van der Waals surface area contributed by atoms with Crippen molar-refractivity contribution in [2.45, 2.75) is 13.1 Å². The molecule has 2 nitrogen and oxygen atoms in total. The molecule has 2 aromatic carbocycles. The summed E-state index contributed by atoms with van der Waals surface area (Å²) >= 11 is 0. The molecule has 0 heterocycles. The topological polar surface area (TPSA) is 26.3 Å². The van der Waals surface area contributed by atoms with Crippen LogP contribution in [-0.4, -0.2) is 13.4 Å². The van der Waals surface area contributed by atoms with Crippen LogP contribution in [0.5, 0.6) is 5.75 Å². The minimum atomic E-state index is -4.56. The lowest BCUT2D eigenvalue weighted by Crippen LogP contribution is -2.06. The van der Waals surface area contributed by atoms with Crippen molar-refractivity contribution in [3.63, 3.8) is 0 Å². The van der Waals surface area contributed by atoms with Crippen LogP contribution in [0.3, 0.4) is 0 Å². The third kappa shape index (κ3) is 3.32. The molecule has 0 saturated carbocycles. The molecule has 0 aromatic heterocycles. The van der Waals surface area contributed by atoms with E-state index in [1.54, 1.807) is 6.92 Å². The van der Waals surface area contributed by atoms with E-state index in [9.17, 15) is 22.4 Å². The standard InChI is InChI=1S/C18H14F4O2/c1-10(2)14-7-15(17(24-3)8-16(14)19)13-5-4-12(18(20,21)22)6-11(13)9-23/h4-9H,1H2,2-3H3. The number of benzene rings is 2. The van der Waals surface area contributed by atoms with Crippen LogP contribution in [0.1, 0.15) is 28.4 Å². The fourth-order valence-electron chi connectivity index (χ4n) is 2.34. The van der Waals surface area contributed by atoms with Gasteiger partial charge in [-0.1, -0.05) is 12.6 Å². The number of aldehydes is 1. The van der Waals surface area contributed by atoms with Gasteiger partial charge in [-0.25, -0.2) is 4.39 Å². The van der Waals surface area contributed by atoms with Crippen LogP contribution >= 0.6 is 0 Å². The number of alkyl halides is 3. The van der Waals surface area contributed by atoms with E-state index in [0.29, 0.717) is 17.4 Å². The Morgan fingerprint density at radius 2 is 1.83 bits per heavy atom. The Morgan fingerprint density at radius 1 is 1.17 bits per heavy atom. The Balaban J connectivity index is 2.73. The molecule has 0 aliphatic carbocycles. The van der Waals surface area contributed by atoms with Crippen molar-refractivity contribution < 1.29 is 27.1 Å². The summed E-state index contributed by atoms with van der Waals surface area (Å²) in [6, 6.07) is 5.32. The van der Waals surface area contributed by atoms with Gasteiger partial charge in [0.2, 0.25) is 0 Å². The van der Waals surface area contributed by atoms with Gasteiger partial charge in [0.15, 0.2) is 6.29 Å². The van der Waals surface area contributed by atoms with Crippen molar-refractivity contribution in [1.29, 1.82) is 0 Å². The van der Waals surface area contributed by atoms with Crippen molar-refractivity contribution in [1.82, 2.24) is 0 Å². The van der Waals surface area contributed by atoms with Crippen LogP contribution in [-0.2, 0) is 6.18 Å². The molecule has 0 saturated heterocycles. The third-order valence-electron chi connectivity index (χ3n) is 3.54. The molecule has 0 fully saturated rings. The molecule has 0 atom stereocenters. The second kappa shape index (κ2) is 6.47. The van der Waals surface area contributed by atoms with E-state index in [2.05, 4.69) is 6.58 Å². The highest BCUT2D eigenvalue weighted by Crippen LogP contribution is 2.38. The summed E-state index contributed by atoms with van der Waals surface area (Å²) in [4.78, 5) is 11.3. The first-order chi connectivity index (χ1) is 11.2. The van der Waals surface area contributed by atoms with Gasteiger partial charge in [-0.15, -0.1) is 0 Å². The highest BCUT2D eigenvalue weighted by atomic mass is 19.4. The van der Waals surface area contributed by atoms with E-state index in [1.165, 1.54) is 19.2 Å². The SMILES string of the molecule is C=C(C)c1cc(-c2ccc(C(F)(F)F)cc2C=O)c(OC)cc1F. The van der Waals surface area contributed by atoms with E-state index in [4.69, 9.17) is 4.74 Å². The Bertz CT molecular complexity index is 807. The zero-order valence-corrected chi connectivity index (χ0v) is 13.0. The van der Waals surface area contributed by atoms with E-state index < -0.39 is 17.6 Å². The molecule has 0 amide bonds. The van der Waals surface area contributed by atoms with Gasteiger partial charge in [-0.3, -0.25) is 4.79 Å². The van der Waals surface area contributed by atoms with Gasteiger partial charge in [-0.05, 0) is 36.3 Å². The normalized spacial score (nSPS) is 11.2. The number of carbonyl (C=O) groups excluding carboxylic acids is 1. The monoisotopic (exact) mass is 338 g/mol. The van der Waals surface area contributed by atoms with Crippen molar-refractivity contribution in [2.24, 2.45) is 0 Å². The lowest BCUT2D eigenvalue weighted by Gasteiger charge is -2.15. The van der Waals surface area contributed by atoms with Gasteiger partial charge >= 0.3 is 6.18 Å². The smallest absolute Gasteiger partial charge is 0.416 e. The maximum Gasteiger partial charge on any atom is 0.416 e. The summed E-state index contributed by atoms with van der Waals surface area (Å²) < 4.78 is 57.5. The Labute approximate surface area is 136 Å². The molecule has 0 unspecified atom stereocenters. The number of rotatable bonds is 4. The minimum Gasteiger partial charge on any atom is -0.496 e. The van der Waals surface area contributed by atoms with Gasteiger partial charge in [0.1, 0.15) is 11.6 Å². The number of hydrogen-bond donors (Lipinski definition) is 0. The number of halogens is 4. The first-order valence-electron chi connectivity index (χ1n) is 6.89. The fraction of sp³-hybridized carbons (Fsp3) is 0.167. The molecular weight excluding hydrogens is 324 g/mol. The van der Waals surface area contributed by atoms with Gasteiger partial charge < -0.3 is 4.74 Å². The highest BCUT2D eigenvalue weighted by molar-refractivity contribution is 5.90. The number of hydrogen-bond acceptors (Lipinski definition) is 2. The predicted molar refractivity (Wildman–Crippen MR) is 83.5 cm³/mol. The maximum atomic E-state index is 14.0. The second-order valence-corrected chi connectivity index (χ2v) is 5.23. The van der Waals surface area contributed by atoms with Gasteiger partial charge in [-0.2, -0.15) is 13.2 Å². The summed E-state index contributed by atoms with van der Waals surface area (Å²) in [6.07, 6.45) is -4.24. The highest BCUT2D eigenvalue weighted by Gasteiger charge is 2.31. The molecule has 0 bridgehead atoms. The molecule has 2 aromatic rings. The zero-order chi connectivity index (χ0) is 18.1. The van der Waals surface area contributed by atoms with Crippen molar-refractivity contribution in [3.8, 4) is 16.9 Å². The predicted octanol–water partition coefficient (Wildman–Crippen LogP) is 5.37. The molecular formula is C18H14F4O2. The van der Waals surface area contributed by atoms with Crippen LogP contribution in [0.2, 0.25) is 0 Å². The van der Waals surface area contributed by atoms with Crippen LogP contribution in [0.25, 0.3) is 16.7 Å². The van der Waals surface area contributed by atoms with Crippen LogP contribution < -0.4 is 4.74 Å². The Kier molecular flexibility index (Phi) is 4.78. The first-order valence-corrected chi connectivity index (χ1v) is 6.89. The Morgan fingerprint density at radius 3 is 2.33 bits per heavy atom. The molecule has 0 radical (unpaired) electrons. The van der Waals surface area contributed by atoms with Gasteiger partial charge in [0, 0.05) is 22.8 Å². The van der Waals surface area contributed by atoms with E-state index in [0.717, 1.165) is 18.2 Å². The fourth-order valence-corrected chi connectivity index (χ4v) is 2.34. The number of ether oxygens (including phenoxy) is 1. The summed E-state index contributed by atoms with van der Waals surface area (Å²) in [5.74, 6) is -0.456. The molecule has 126 valence electrons. The van der Waals surface area contributed by atoms with E-state index >= 15 is 0 Å². The van der Waals surface area contributed by atoms with Crippen molar-refractivity contribution >= 4 is 11.9 Å². The molecule has 0 aliphatic heterocycles. The lowest BCUT2D eigenvalue weighted by atomic mass is 9.94. The quantitative estimate of drug-likeness (QED) is 0.554. The molecule has 0 N–H and O–H groups in total. The Hall–Kier alpha value is -2.63. The molecule has 24 heavy (non-hydrogen) atoms. The summed E-state index contributed by atoms with van der Waals surface area (Å²) in [6.45, 7) is 5.27. The zero-order valence-electron chi connectivity index (χ0n) is 13.0. The third-order valence-corrected chi connectivity index (χ3v) is 3.54. The summed E-state index contributed by atoms with van der Waals surface area (Å²) in [5.41, 5.74) is 0.0699. The average Bonchev–Trinajstić information content (AvgIpc) is 2.52. The summed E-state index contributed by atoms with van der Waals surface area (Å²) in [5, 5.41) is 0. The average molecular weight is 338 g/mol.